The van der Waals surface area contributed by atoms with E-state index in [-0.39, 0.29) is 5.91 Å². The van der Waals surface area contributed by atoms with Crippen molar-refractivity contribution in [3.05, 3.63) is 35.4 Å². The topological polar surface area (TPSA) is 50.4 Å². The van der Waals surface area contributed by atoms with Crippen molar-refractivity contribution < 1.29 is 9.53 Å². The lowest BCUT2D eigenvalue weighted by molar-refractivity contribution is 0.0953. The monoisotopic (exact) mass is 250 g/mol. The number of nitrogens with one attached hydrogen (secondary N) is 2. The Balaban J connectivity index is 2.32. The van der Waals surface area contributed by atoms with Gasteiger partial charge in [-0.2, -0.15) is 0 Å². The minimum atomic E-state index is 0.000918. The number of hydrogen-bond donors (Lipinski definition) is 2. The fraction of sp³-hybridized carbons (Fsp3) is 0.500. The number of carbonyl (C=O) groups is 1. The van der Waals surface area contributed by atoms with Crippen LogP contribution in [-0.4, -0.2) is 39.3 Å². The molecule has 0 bridgehead atoms. The van der Waals surface area contributed by atoms with Gasteiger partial charge < -0.3 is 15.4 Å². The average Bonchev–Trinajstić information content (AvgIpc) is 2.42. The zero-order valence-corrected chi connectivity index (χ0v) is 11.2. The van der Waals surface area contributed by atoms with Gasteiger partial charge in [-0.25, -0.2) is 0 Å². The summed E-state index contributed by atoms with van der Waals surface area (Å²) in [4.78, 5) is 11.9. The number of hydrogen-bond acceptors (Lipinski definition) is 3. The van der Waals surface area contributed by atoms with Crippen molar-refractivity contribution in [2.75, 3.05) is 33.4 Å². The first-order valence-corrected chi connectivity index (χ1v) is 6.35. The number of benzene rings is 1. The minimum absolute atomic E-state index is 0.000918. The van der Waals surface area contributed by atoms with Crippen LogP contribution in [0.25, 0.3) is 0 Å². The van der Waals surface area contributed by atoms with Gasteiger partial charge in [-0.05, 0) is 18.1 Å². The third-order valence-electron chi connectivity index (χ3n) is 2.71. The number of methoxy groups -OCH3 is 1. The number of rotatable bonds is 8. The molecule has 0 aliphatic heterocycles. The van der Waals surface area contributed by atoms with Gasteiger partial charge in [0, 0.05) is 32.3 Å². The molecule has 100 valence electrons. The van der Waals surface area contributed by atoms with Crippen molar-refractivity contribution >= 4 is 5.91 Å². The maximum absolute atomic E-state index is 11.9. The molecule has 4 heteroatoms. The molecule has 0 saturated carbocycles. The zero-order chi connectivity index (χ0) is 13.2. The Labute approximate surface area is 109 Å². The highest BCUT2D eigenvalue weighted by Crippen LogP contribution is 2.08. The maximum Gasteiger partial charge on any atom is 0.251 e. The van der Waals surface area contributed by atoms with E-state index < -0.39 is 0 Å². The van der Waals surface area contributed by atoms with Gasteiger partial charge in [0.15, 0.2) is 0 Å². The number of amides is 1. The van der Waals surface area contributed by atoms with Gasteiger partial charge in [-0.15, -0.1) is 0 Å². The molecule has 0 aliphatic rings. The van der Waals surface area contributed by atoms with E-state index in [1.807, 2.05) is 24.3 Å². The number of ether oxygens (including phenoxy) is 1. The average molecular weight is 250 g/mol. The molecule has 1 aromatic rings. The van der Waals surface area contributed by atoms with Crippen LogP contribution < -0.4 is 10.6 Å². The van der Waals surface area contributed by atoms with Crippen LogP contribution in [0.3, 0.4) is 0 Å². The first-order valence-electron chi connectivity index (χ1n) is 6.35. The summed E-state index contributed by atoms with van der Waals surface area (Å²) in [5.41, 5.74) is 1.86. The van der Waals surface area contributed by atoms with Crippen LogP contribution in [0.1, 0.15) is 22.8 Å². The second-order valence-corrected chi connectivity index (χ2v) is 4.01. The van der Waals surface area contributed by atoms with Gasteiger partial charge in [0.25, 0.3) is 5.91 Å². The minimum Gasteiger partial charge on any atom is -0.383 e. The van der Waals surface area contributed by atoms with Gasteiger partial charge in [0.1, 0.15) is 0 Å². The van der Waals surface area contributed by atoms with Crippen LogP contribution in [0.15, 0.2) is 24.3 Å². The maximum atomic E-state index is 11.9. The van der Waals surface area contributed by atoms with Crippen LogP contribution in [0.4, 0.5) is 0 Å². The second kappa shape index (κ2) is 8.66. The second-order valence-electron chi connectivity index (χ2n) is 4.01. The number of carbonyl (C=O) groups excluding carboxylic acids is 1. The molecule has 0 aliphatic carbocycles. The molecular formula is C14H22N2O2. The van der Waals surface area contributed by atoms with Gasteiger partial charge >= 0.3 is 0 Å². The highest BCUT2D eigenvalue weighted by molar-refractivity contribution is 5.95. The summed E-state index contributed by atoms with van der Waals surface area (Å²) in [7, 11) is 1.67. The Bertz CT molecular complexity index is 367. The lowest BCUT2D eigenvalue weighted by atomic mass is 10.0. The Morgan fingerprint density at radius 3 is 2.72 bits per heavy atom. The van der Waals surface area contributed by atoms with Gasteiger partial charge in [-0.3, -0.25) is 4.79 Å². The van der Waals surface area contributed by atoms with Crippen molar-refractivity contribution in [1.82, 2.24) is 10.6 Å². The highest BCUT2D eigenvalue weighted by atomic mass is 16.5. The van der Waals surface area contributed by atoms with E-state index in [1.54, 1.807) is 7.11 Å². The summed E-state index contributed by atoms with van der Waals surface area (Å²) in [6.07, 6.45) is 0.871. The van der Waals surface area contributed by atoms with Crippen LogP contribution in [0.2, 0.25) is 0 Å². The Morgan fingerprint density at radius 2 is 2.00 bits per heavy atom. The summed E-state index contributed by atoms with van der Waals surface area (Å²) in [5.74, 6) is 0.000918. The normalized spacial score (nSPS) is 10.3. The standard InChI is InChI=1S/C14H22N2O2/c1-3-12-6-4-5-7-13(12)14(17)16-9-8-15-10-11-18-2/h4-7,15H,3,8-11H2,1-2H3,(H,16,17). The van der Waals surface area contributed by atoms with Crippen molar-refractivity contribution in [2.24, 2.45) is 0 Å². The molecule has 4 nitrogen and oxygen atoms in total. The molecule has 18 heavy (non-hydrogen) atoms. The predicted octanol–water partition coefficient (Wildman–Crippen LogP) is 1.21. The van der Waals surface area contributed by atoms with Crippen molar-refractivity contribution in [3.63, 3.8) is 0 Å². The van der Waals surface area contributed by atoms with Crippen molar-refractivity contribution in [1.29, 1.82) is 0 Å². The molecule has 1 rings (SSSR count). The molecule has 1 amide bonds. The molecular weight excluding hydrogens is 228 g/mol. The van der Waals surface area contributed by atoms with Crippen LogP contribution in [-0.2, 0) is 11.2 Å². The van der Waals surface area contributed by atoms with E-state index >= 15 is 0 Å². The van der Waals surface area contributed by atoms with Crippen molar-refractivity contribution in [2.45, 2.75) is 13.3 Å². The summed E-state index contributed by atoms with van der Waals surface area (Å²) in [6, 6.07) is 7.71. The summed E-state index contributed by atoms with van der Waals surface area (Å²) >= 11 is 0. The highest BCUT2D eigenvalue weighted by Gasteiger charge is 2.08. The van der Waals surface area contributed by atoms with E-state index in [0.717, 1.165) is 30.6 Å². The molecule has 0 atom stereocenters. The van der Waals surface area contributed by atoms with Crippen molar-refractivity contribution in [3.8, 4) is 0 Å². The van der Waals surface area contributed by atoms with E-state index in [0.29, 0.717) is 13.2 Å². The zero-order valence-electron chi connectivity index (χ0n) is 11.2. The van der Waals surface area contributed by atoms with E-state index in [4.69, 9.17) is 4.74 Å². The molecule has 0 aromatic heterocycles. The Hall–Kier alpha value is -1.39. The molecule has 0 fully saturated rings. The van der Waals surface area contributed by atoms with E-state index in [2.05, 4.69) is 17.6 Å². The molecule has 0 unspecified atom stereocenters. The summed E-state index contributed by atoms with van der Waals surface area (Å²) in [6.45, 7) is 4.92. The molecule has 1 aromatic carbocycles. The largest absolute Gasteiger partial charge is 0.383 e. The van der Waals surface area contributed by atoms with E-state index in [1.165, 1.54) is 0 Å². The molecule has 0 saturated heterocycles. The lowest BCUT2D eigenvalue weighted by Gasteiger charge is -2.09. The fourth-order valence-electron chi connectivity index (χ4n) is 1.71. The van der Waals surface area contributed by atoms with Gasteiger partial charge in [0.05, 0.1) is 6.61 Å². The molecule has 0 spiro atoms. The molecule has 2 N–H and O–H groups in total. The third-order valence-corrected chi connectivity index (χ3v) is 2.71. The third kappa shape index (κ3) is 4.85. The Kier molecular flexibility index (Phi) is 7.06. The van der Waals surface area contributed by atoms with Gasteiger partial charge in [-0.1, -0.05) is 25.1 Å². The first kappa shape index (κ1) is 14.7. The quantitative estimate of drug-likeness (QED) is 0.682. The molecule has 0 heterocycles. The Morgan fingerprint density at radius 1 is 1.22 bits per heavy atom. The SMILES string of the molecule is CCc1ccccc1C(=O)NCCNCCOC. The van der Waals surface area contributed by atoms with E-state index in [9.17, 15) is 4.79 Å². The summed E-state index contributed by atoms with van der Waals surface area (Å²) in [5, 5.41) is 6.09. The van der Waals surface area contributed by atoms with Crippen LogP contribution in [0, 0.1) is 0 Å². The smallest absolute Gasteiger partial charge is 0.251 e. The summed E-state index contributed by atoms with van der Waals surface area (Å²) < 4.78 is 4.92. The first-order chi connectivity index (χ1) is 8.79. The van der Waals surface area contributed by atoms with Crippen LogP contribution in [0.5, 0.6) is 0 Å². The predicted molar refractivity (Wildman–Crippen MR) is 72.9 cm³/mol. The fourth-order valence-corrected chi connectivity index (χ4v) is 1.71. The van der Waals surface area contributed by atoms with Gasteiger partial charge in [0.2, 0.25) is 0 Å². The van der Waals surface area contributed by atoms with Crippen LogP contribution >= 0.6 is 0 Å². The number of aryl methyl sites for hydroxylation is 1. The molecule has 0 radical (unpaired) electrons. The lowest BCUT2D eigenvalue weighted by Crippen LogP contribution is -2.33.